The fourth-order valence-corrected chi connectivity index (χ4v) is 2.29. The summed E-state index contributed by atoms with van der Waals surface area (Å²) in [6, 6.07) is 5.36. The summed E-state index contributed by atoms with van der Waals surface area (Å²) < 4.78 is 0. The number of hydrogen-bond donors (Lipinski definition) is 0. The molecule has 14 heavy (non-hydrogen) atoms. The minimum atomic E-state index is 0.507. The lowest BCUT2D eigenvalue weighted by Gasteiger charge is -2.10. The molecule has 1 aromatic carbocycles. The Morgan fingerprint density at radius 2 is 2.29 bits per heavy atom. The molecule has 0 spiro atoms. The van der Waals surface area contributed by atoms with Gasteiger partial charge in [0, 0.05) is 20.7 Å². The van der Waals surface area contributed by atoms with E-state index in [1.54, 1.807) is 23.9 Å². The number of carbonyl (C=O) groups is 1. The van der Waals surface area contributed by atoms with Crippen molar-refractivity contribution in [3.05, 3.63) is 28.8 Å². The van der Waals surface area contributed by atoms with Gasteiger partial charge in [-0.05, 0) is 24.6 Å². The van der Waals surface area contributed by atoms with E-state index >= 15 is 0 Å². The van der Waals surface area contributed by atoms with Crippen LogP contribution in [0.2, 0.25) is 5.02 Å². The van der Waals surface area contributed by atoms with E-state index < -0.39 is 0 Å². The highest BCUT2D eigenvalue weighted by molar-refractivity contribution is 8.00. The molecule has 0 amide bonds. The second-order valence-electron chi connectivity index (χ2n) is 3.14. The van der Waals surface area contributed by atoms with E-state index in [2.05, 4.69) is 13.8 Å². The molecular weight excluding hydrogens is 216 g/mol. The molecule has 0 radical (unpaired) electrons. The molecule has 0 aliphatic carbocycles. The van der Waals surface area contributed by atoms with Gasteiger partial charge in [-0.15, -0.1) is 11.8 Å². The van der Waals surface area contributed by atoms with Crippen molar-refractivity contribution >= 4 is 29.6 Å². The Morgan fingerprint density at radius 1 is 1.57 bits per heavy atom. The molecule has 0 aliphatic heterocycles. The lowest BCUT2D eigenvalue weighted by atomic mass is 10.2. The third-order valence-electron chi connectivity index (χ3n) is 2.01. The van der Waals surface area contributed by atoms with Crippen LogP contribution in [0.1, 0.15) is 30.6 Å². The van der Waals surface area contributed by atoms with Crippen LogP contribution in [0.25, 0.3) is 0 Å². The second-order valence-corrected chi connectivity index (χ2v) is 5.05. The summed E-state index contributed by atoms with van der Waals surface area (Å²) >= 11 is 7.56. The maximum Gasteiger partial charge on any atom is 0.151 e. The first-order valence-corrected chi connectivity index (χ1v) is 5.84. The van der Waals surface area contributed by atoms with Gasteiger partial charge >= 0.3 is 0 Å². The molecule has 0 N–H and O–H groups in total. The summed E-state index contributed by atoms with van der Waals surface area (Å²) in [7, 11) is 0. The highest BCUT2D eigenvalue weighted by Crippen LogP contribution is 2.29. The standard InChI is InChI=1S/C11H13ClOS/c1-3-8(2)14-11-6-10(12)5-4-9(11)7-13/h4-8H,3H2,1-2H3. The Bertz CT molecular complexity index is 325. The van der Waals surface area contributed by atoms with Crippen LogP contribution in [0, 0.1) is 0 Å². The van der Waals surface area contributed by atoms with Crippen LogP contribution in [-0.2, 0) is 0 Å². The van der Waals surface area contributed by atoms with Gasteiger partial charge in [0.15, 0.2) is 6.29 Å². The average molecular weight is 229 g/mol. The van der Waals surface area contributed by atoms with Gasteiger partial charge < -0.3 is 0 Å². The lowest BCUT2D eigenvalue weighted by molar-refractivity contribution is 0.112. The van der Waals surface area contributed by atoms with Gasteiger partial charge in [-0.3, -0.25) is 4.79 Å². The third-order valence-corrected chi connectivity index (χ3v) is 3.58. The molecule has 1 aromatic rings. The van der Waals surface area contributed by atoms with Gasteiger partial charge in [-0.25, -0.2) is 0 Å². The van der Waals surface area contributed by atoms with Crippen molar-refractivity contribution in [3.63, 3.8) is 0 Å². The number of thioether (sulfide) groups is 1. The van der Waals surface area contributed by atoms with E-state index in [4.69, 9.17) is 11.6 Å². The third kappa shape index (κ3) is 3.03. The Labute approximate surface area is 93.8 Å². The van der Waals surface area contributed by atoms with Crippen molar-refractivity contribution in [2.45, 2.75) is 30.4 Å². The van der Waals surface area contributed by atoms with Crippen molar-refractivity contribution in [1.82, 2.24) is 0 Å². The van der Waals surface area contributed by atoms with Crippen LogP contribution >= 0.6 is 23.4 Å². The number of hydrogen-bond acceptors (Lipinski definition) is 2. The molecule has 0 saturated heterocycles. The molecule has 0 aromatic heterocycles. The number of benzene rings is 1. The van der Waals surface area contributed by atoms with E-state index in [9.17, 15) is 4.79 Å². The summed E-state index contributed by atoms with van der Waals surface area (Å²) in [6.07, 6.45) is 1.95. The molecular formula is C11H13ClOS. The van der Waals surface area contributed by atoms with Crippen molar-refractivity contribution in [2.75, 3.05) is 0 Å². The van der Waals surface area contributed by atoms with Gasteiger partial charge in [0.1, 0.15) is 0 Å². The zero-order chi connectivity index (χ0) is 10.6. The molecule has 3 heteroatoms. The Hall–Kier alpha value is -0.470. The molecule has 0 heterocycles. The van der Waals surface area contributed by atoms with Crippen molar-refractivity contribution in [2.24, 2.45) is 0 Å². The zero-order valence-corrected chi connectivity index (χ0v) is 9.86. The summed E-state index contributed by atoms with van der Waals surface area (Å²) in [5, 5.41) is 1.19. The number of rotatable bonds is 4. The molecule has 0 aliphatic rings. The number of carbonyl (C=O) groups excluding carboxylic acids is 1. The first kappa shape index (κ1) is 11.6. The topological polar surface area (TPSA) is 17.1 Å². The van der Waals surface area contributed by atoms with Crippen molar-refractivity contribution in [1.29, 1.82) is 0 Å². The van der Waals surface area contributed by atoms with Gasteiger partial charge in [-0.2, -0.15) is 0 Å². The second kappa shape index (κ2) is 5.42. The normalized spacial score (nSPS) is 12.5. The zero-order valence-electron chi connectivity index (χ0n) is 8.29. The first-order chi connectivity index (χ1) is 6.67. The van der Waals surface area contributed by atoms with Crippen molar-refractivity contribution < 1.29 is 4.79 Å². The number of halogens is 1. The molecule has 0 bridgehead atoms. The summed E-state index contributed by atoms with van der Waals surface area (Å²) in [5.41, 5.74) is 0.722. The van der Waals surface area contributed by atoms with Gasteiger partial charge in [0.05, 0.1) is 0 Å². The van der Waals surface area contributed by atoms with Gasteiger partial charge in [0.25, 0.3) is 0 Å². The van der Waals surface area contributed by atoms with E-state index in [1.165, 1.54) is 0 Å². The summed E-state index contributed by atoms with van der Waals surface area (Å²) in [6.45, 7) is 4.27. The lowest BCUT2D eigenvalue weighted by Crippen LogP contribution is -1.94. The fraction of sp³-hybridized carbons (Fsp3) is 0.364. The molecule has 76 valence electrons. The van der Waals surface area contributed by atoms with E-state index in [-0.39, 0.29) is 0 Å². The van der Waals surface area contributed by atoms with Crippen molar-refractivity contribution in [3.8, 4) is 0 Å². The predicted molar refractivity (Wildman–Crippen MR) is 62.4 cm³/mol. The van der Waals surface area contributed by atoms with Gasteiger partial charge in [0.2, 0.25) is 0 Å². The molecule has 1 nitrogen and oxygen atoms in total. The van der Waals surface area contributed by atoms with Crippen LogP contribution in [0.4, 0.5) is 0 Å². The molecule has 0 saturated carbocycles. The quantitative estimate of drug-likeness (QED) is 0.572. The van der Waals surface area contributed by atoms with Crippen LogP contribution in [0.3, 0.4) is 0 Å². The van der Waals surface area contributed by atoms with Gasteiger partial charge in [-0.1, -0.05) is 25.4 Å². The average Bonchev–Trinajstić information content (AvgIpc) is 2.18. The minimum absolute atomic E-state index is 0.507. The highest BCUT2D eigenvalue weighted by Gasteiger charge is 2.07. The van der Waals surface area contributed by atoms with Crippen LogP contribution in [0.5, 0.6) is 0 Å². The maximum absolute atomic E-state index is 10.8. The SMILES string of the molecule is CCC(C)Sc1cc(Cl)ccc1C=O. The van der Waals surface area contributed by atoms with E-state index in [0.717, 1.165) is 23.2 Å². The van der Waals surface area contributed by atoms with Crippen LogP contribution in [-0.4, -0.2) is 11.5 Å². The monoisotopic (exact) mass is 228 g/mol. The Balaban J connectivity index is 2.92. The molecule has 1 unspecified atom stereocenters. The largest absolute Gasteiger partial charge is 0.298 e. The first-order valence-electron chi connectivity index (χ1n) is 4.58. The Kier molecular flexibility index (Phi) is 4.49. The number of aldehydes is 1. The van der Waals surface area contributed by atoms with Crippen LogP contribution < -0.4 is 0 Å². The highest BCUT2D eigenvalue weighted by atomic mass is 35.5. The predicted octanol–water partition coefficient (Wildman–Crippen LogP) is 4.04. The molecule has 1 rings (SSSR count). The summed E-state index contributed by atoms with van der Waals surface area (Å²) in [5.74, 6) is 0. The van der Waals surface area contributed by atoms with Crippen LogP contribution in [0.15, 0.2) is 23.1 Å². The molecule has 1 atom stereocenters. The summed E-state index contributed by atoms with van der Waals surface area (Å²) in [4.78, 5) is 11.7. The smallest absolute Gasteiger partial charge is 0.151 e. The molecule has 0 fully saturated rings. The van der Waals surface area contributed by atoms with E-state index in [0.29, 0.717) is 10.3 Å². The maximum atomic E-state index is 10.8. The fourth-order valence-electron chi connectivity index (χ4n) is 1.01. The Morgan fingerprint density at radius 3 is 2.86 bits per heavy atom. The van der Waals surface area contributed by atoms with E-state index in [1.807, 2.05) is 6.07 Å². The minimum Gasteiger partial charge on any atom is -0.298 e.